The molecule has 1 aliphatic heterocycles. The van der Waals surface area contributed by atoms with Crippen molar-refractivity contribution in [3.8, 4) is 29.1 Å². The third-order valence-corrected chi connectivity index (χ3v) is 5.02. The summed E-state index contributed by atoms with van der Waals surface area (Å²) in [5.41, 5.74) is 5.55. The van der Waals surface area contributed by atoms with Gasteiger partial charge >= 0.3 is 0 Å². The Bertz CT molecular complexity index is 1220. The Hall–Kier alpha value is -3.85. The second kappa shape index (κ2) is 6.95. The molecule has 0 N–H and O–H groups in total. The molecule has 0 unspecified atom stereocenters. The normalized spacial score (nSPS) is 15.0. The first-order valence-electron chi connectivity index (χ1n) is 9.42. The van der Waals surface area contributed by atoms with E-state index in [1.807, 2.05) is 22.8 Å². The predicted octanol–water partition coefficient (Wildman–Crippen LogP) is 4.12. The Morgan fingerprint density at radius 3 is 2.79 bits per heavy atom. The monoisotopic (exact) mass is 382 g/mol. The first-order chi connectivity index (χ1) is 14.2. The van der Waals surface area contributed by atoms with E-state index in [1.54, 1.807) is 18.3 Å². The summed E-state index contributed by atoms with van der Waals surface area (Å²) in [6.07, 6.45) is 1.62. The van der Waals surface area contributed by atoms with Crippen molar-refractivity contribution in [1.82, 2.24) is 14.5 Å². The Morgan fingerprint density at radius 1 is 1.17 bits per heavy atom. The third kappa shape index (κ3) is 3.27. The van der Waals surface area contributed by atoms with E-state index in [0.717, 1.165) is 22.3 Å². The van der Waals surface area contributed by atoms with Crippen molar-refractivity contribution < 1.29 is 9.47 Å². The molecule has 1 aliphatic rings. The molecular formula is C23H18N4O2. The highest BCUT2D eigenvalue weighted by atomic mass is 16.6. The van der Waals surface area contributed by atoms with E-state index in [4.69, 9.17) is 14.7 Å². The van der Waals surface area contributed by atoms with Crippen molar-refractivity contribution in [1.29, 1.82) is 5.26 Å². The second-order valence-corrected chi connectivity index (χ2v) is 7.12. The van der Waals surface area contributed by atoms with Gasteiger partial charge in [-0.05, 0) is 37.3 Å². The van der Waals surface area contributed by atoms with Gasteiger partial charge in [-0.2, -0.15) is 10.2 Å². The molecule has 4 aromatic rings. The number of nitriles is 1. The van der Waals surface area contributed by atoms with E-state index in [2.05, 4.69) is 47.2 Å². The number of imidazole rings is 1. The molecule has 3 heterocycles. The largest absolute Gasteiger partial charge is 0.488 e. The quantitative estimate of drug-likeness (QED) is 0.531. The van der Waals surface area contributed by atoms with Crippen LogP contribution in [0.1, 0.15) is 11.1 Å². The molecule has 29 heavy (non-hydrogen) atoms. The highest BCUT2D eigenvalue weighted by Crippen LogP contribution is 2.29. The lowest BCUT2D eigenvalue weighted by Crippen LogP contribution is -2.23. The summed E-state index contributed by atoms with van der Waals surface area (Å²) in [6.45, 7) is 3.14. The van der Waals surface area contributed by atoms with Gasteiger partial charge < -0.3 is 9.47 Å². The minimum absolute atomic E-state index is 0.116. The summed E-state index contributed by atoms with van der Waals surface area (Å²) < 4.78 is 13.8. The van der Waals surface area contributed by atoms with Crippen molar-refractivity contribution in [2.24, 2.45) is 0 Å². The van der Waals surface area contributed by atoms with Gasteiger partial charge in [0, 0.05) is 5.56 Å². The van der Waals surface area contributed by atoms with E-state index in [9.17, 15) is 0 Å². The van der Waals surface area contributed by atoms with Crippen molar-refractivity contribution >= 4 is 11.0 Å². The molecule has 0 bridgehead atoms. The van der Waals surface area contributed by atoms with Gasteiger partial charge in [0.15, 0.2) is 6.10 Å². The van der Waals surface area contributed by atoms with Crippen molar-refractivity contribution in [2.75, 3.05) is 6.61 Å². The summed E-state index contributed by atoms with van der Waals surface area (Å²) in [5.74, 6) is 0.706. The smallest absolute Gasteiger partial charge is 0.297 e. The van der Waals surface area contributed by atoms with Crippen molar-refractivity contribution in [3.05, 3.63) is 71.9 Å². The van der Waals surface area contributed by atoms with E-state index in [1.165, 1.54) is 5.56 Å². The van der Waals surface area contributed by atoms with Gasteiger partial charge in [0.1, 0.15) is 12.4 Å². The number of rotatable bonds is 4. The molecule has 2 aromatic carbocycles. The third-order valence-electron chi connectivity index (χ3n) is 5.02. The standard InChI is InChI=1S/C23H18N4O2/c1-15-2-5-17(6-3-15)20-8-7-18(12-25-20)28-14-19-13-27-22-9-4-16(11-24)10-21(22)26-23(27)29-19/h2-10,12,19H,13-14H2,1H3/t19-/m0/s1. The van der Waals surface area contributed by atoms with Crippen LogP contribution in [0.15, 0.2) is 60.8 Å². The van der Waals surface area contributed by atoms with Crippen LogP contribution in [0, 0.1) is 18.3 Å². The number of benzene rings is 2. The molecule has 6 heteroatoms. The lowest BCUT2D eigenvalue weighted by molar-refractivity contribution is 0.143. The number of hydrogen-bond donors (Lipinski definition) is 0. The number of nitrogens with zero attached hydrogens (tertiary/aromatic N) is 4. The summed E-state index contributed by atoms with van der Waals surface area (Å²) in [6, 6.07) is 20.3. The fourth-order valence-electron chi connectivity index (χ4n) is 3.47. The summed E-state index contributed by atoms with van der Waals surface area (Å²) in [7, 11) is 0. The molecule has 2 aromatic heterocycles. The molecule has 0 fully saturated rings. The highest BCUT2D eigenvalue weighted by molar-refractivity contribution is 5.78. The second-order valence-electron chi connectivity index (χ2n) is 7.12. The number of ether oxygens (including phenoxy) is 2. The van der Waals surface area contributed by atoms with Crippen LogP contribution >= 0.6 is 0 Å². The molecule has 0 amide bonds. The van der Waals surface area contributed by atoms with Crippen LogP contribution in [-0.4, -0.2) is 27.2 Å². The van der Waals surface area contributed by atoms with Gasteiger partial charge in [0.2, 0.25) is 0 Å². The Kier molecular flexibility index (Phi) is 4.14. The van der Waals surface area contributed by atoms with E-state index >= 15 is 0 Å². The first-order valence-corrected chi connectivity index (χ1v) is 9.42. The fourth-order valence-corrected chi connectivity index (χ4v) is 3.47. The molecule has 0 saturated carbocycles. The molecular weight excluding hydrogens is 364 g/mol. The van der Waals surface area contributed by atoms with Crippen LogP contribution in [-0.2, 0) is 6.54 Å². The Labute approximate surface area is 168 Å². The molecule has 142 valence electrons. The van der Waals surface area contributed by atoms with Crippen LogP contribution in [0.4, 0.5) is 0 Å². The van der Waals surface area contributed by atoms with Gasteiger partial charge in [-0.1, -0.05) is 29.8 Å². The number of aryl methyl sites for hydroxylation is 1. The van der Waals surface area contributed by atoms with Crippen LogP contribution in [0.2, 0.25) is 0 Å². The van der Waals surface area contributed by atoms with Gasteiger partial charge in [0.05, 0.1) is 41.1 Å². The highest BCUT2D eigenvalue weighted by Gasteiger charge is 2.27. The molecule has 0 spiro atoms. The zero-order chi connectivity index (χ0) is 19.8. The van der Waals surface area contributed by atoms with Crippen LogP contribution in [0.3, 0.4) is 0 Å². The number of hydrogen-bond acceptors (Lipinski definition) is 5. The van der Waals surface area contributed by atoms with Gasteiger partial charge in [-0.15, -0.1) is 0 Å². The summed E-state index contributed by atoms with van der Waals surface area (Å²) in [5, 5.41) is 9.02. The Balaban J connectivity index is 1.24. The molecule has 0 saturated heterocycles. The summed E-state index contributed by atoms with van der Waals surface area (Å²) >= 11 is 0. The summed E-state index contributed by atoms with van der Waals surface area (Å²) in [4.78, 5) is 8.98. The van der Waals surface area contributed by atoms with E-state index < -0.39 is 0 Å². The van der Waals surface area contributed by atoms with Crippen molar-refractivity contribution in [2.45, 2.75) is 19.6 Å². The number of aromatic nitrogens is 3. The van der Waals surface area contributed by atoms with Crippen LogP contribution < -0.4 is 9.47 Å². The van der Waals surface area contributed by atoms with E-state index in [-0.39, 0.29) is 6.10 Å². The zero-order valence-electron chi connectivity index (χ0n) is 15.9. The maximum Gasteiger partial charge on any atom is 0.297 e. The fraction of sp³-hybridized carbons (Fsp3) is 0.174. The van der Waals surface area contributed by atoms with Gasteiger partial charge in [-0.3, -0.25) is 9.55 Å². The topological polar surface area (TPSA) is 73.0 Å². The molecule has 0 aliphatic carbocycles. The average Bonchev–Trinajstić information content (AvgIpc) is 3.30. The van der Waals surface area contributed by atoms with Crippen LogP contribution in [0.5, 0.6) is 11.8 Å². The molecule has 1 atom stereocenters. The lowest BCUT2D eigenvalue weighted by Gasteiger charge is -2.12. The maximum atomic E-state index is 9.02. The minimum Gasteiger partial charge on any atom is -0.488 e. The number of fused-ring (bicyclic) bond motifs is 3. The van der Waals surface area contributed by atoms with Crippen LogP contribution in [0.25, 0.3) is 22.3 Å². The minimum atomic E-state index is -0.116. The predicted molar refractivity (Wildman–Crippen MR) is 109 cm³/mol. The first kappa shape index (κ1) is 17.3. The van der Waals surface area contributed by atoms with Gasteiger partial charge in [0.25, 0.3) is 6.01 Å². The lowest BCUT2D eigenvalue weighted by atomic mass is 10.1. The van der Waals surface area contributed by atoms with Gasteiger partial charge in [-0.25, -0.2) is 0 Å². The number of pyridine rings is 1. The zero-order valence-corrected chi connectivity index (χ0v) is 15.9. The maximum absolute atomic E-state index is 9.02. The average molecular weight is 382 g/mol. The molecule has 6 nitrogen and oxygen atoms in total. The molecule has 5 rings (SSSR count). The molecule has 0 radical (unpaired) electrons. The van der Waals surface area contributed by atoms with E-state index in [0.29, 0.717) is 30.5 Å². The Morgan fingerprint density at radius 2 is 2.03 bits per heavy atom. The SMILES string of the molecule is Cc1ccc(-c2ccc(OC[C@@H]3Cn4c(nc5cc(C#N)ccc54)O3)cn2)cc1. The van der Waals surface area contributed by atoms with Crippen molar-refractivity contribution in [3.63, 3.8) is 0 Å².